The summed E-state index contributed by atoms with van der Waals surface area (Å²) in [6, 6.07) is 11.6. The Morgan fingerprint density at radius 1 is 1.07 bits per heavy atom. The van der Waals surface area contributed by atoms with Crippen molar-refractivity contribution in [3.63, 3.8) is 0 Å². The molecule has 0 bridgehead atoms. The molecule has 0 fully saturated rings. The predicted molar refractivity (Wildman–Crippen MR) is 107 cm³/mol. The molecule has 0 aliphatic rings. The lowest BCUT2D eigenvalue weighted by atomic mass is 10.1. The first kappa shape index (κ1) is 20.6. The van der Waals surface area contributed by atoms with E-state index in [-0.39, 0.29) is 17.3 Å². The van der Waals surface area contributed by atoms with Crippen molar-refractivity contribution in [1.29, 1.82) is 0 Å². The van der Waals surface area contributed by atoms with E-state index in [9.17, 15) is 13.2 Å². The first-order chi connectivity index (χ1) is 13.7. The number of aryl methyl sites for hydroxylation is 2. The van der Waals surface area contributed by atoms with E-state index in [4.69, 9.17) is 0 Å². The summed E-state index contributed by atoms with van der Waals surface area (Å²) < 4.78 is 26.9. The largest absolute Gasteiger partial charge is 0.345 e. The third kappa shape index (κ3) is 4.33. The van der Waals surface area contributed by atoms with Crippen molar-refractivity contribution in [3.05, 3.63) is 65.0 Å². The van der Waals surface area contributed by atoms with Gasteiger partial charge in [0, 0.05) is 19.7 Å². The lowest BCUT2D eigenvalue weighted by Gasteiger charge is -2.11. The summed E-state index contributed by atoms with van der Waals surface area (Å²) in [5.74, 6) is 0.127. The van der Waals surface area contributed by atoms with Gasteiger partial charge in [-0.15, -0.1) is 5.10 Å². The maximum atomic E-state index is 12.4. The molecule has 1 amide bonds. The van der Waals surface area contributed by atoms with Gasteiger partial charge in [0.25, 0.3) is 5.91 Å². The number of tetrazole rings is 1. The van der Waals surface area contributed by atoms with Crippen LogP contribution < -0.4 is 5.32 Å². The molecular formula is C19H22N6O3S. The lowest BCUT2D eigenvalue weighted by Crippen LogP contribution is -2.25. The Hall–Kier alpha value is -3.11. The Balaban J connectivity index is 1.72. The van der Waals surface area contributed by atoms with Crippen molar-refractivity contribution in [2.24, 2.45) is 0 Å². The first-order valence-electron chi connectivity index (χ1n) is 8.86. The van der Waals surface area contributed by atoms with E-state index in [1.807, 2.05) is 32.0 Å². The van der Waals surface area contributed by atoms with Gasteiger partial charge in [-0.05, 0) is 71.8 Å². The van der Waals surface area contributed by atoms with Gasteiger partial charge in [0.15, 0.2) is 5.82 Å². The highest BCUT2D eigenvalue weighted by atomic mass is 32.2. The molecule has 0 aliphatic carbocycles. The summed E-state index contributed by atoms with van der Waals surface area (Å²) in [7, 11) is -0.630. The van der Waals surface area contributed by atoms with Gasteiger partial charge in [-0.2, -0.15) is 4.68 Å². The van der Waals surface area contributed by atoms with Crippen LogP contribution in [0, 0.1) is 13.8 Å². The first-order valence-corrected chi connectivity index (χ1v) is 10.3. The Morgan fingerprint density at radius 2 is 1.76 bits per heavy atom. The average molecular weight is 414 g/mol. The molecule has 1 heterocycles. The number of hydrogen-bond donors (Lipinski definition) is 1. The van der Waals surface area contributed by atoms with E-state index in [0.717, 1.165) is 21.1 Å². The van der Waals surface area contributed by atoms with Crippen LogP contribution in [0.2, 0.25) is 0 Å². The summed E-state index contributed by atoms with van der Waals surface area (Å²) >= 11 is 0. The summed E-state index contributed by atoms with van der Waals surface area (Å²) in [6.07, 6.45) is 0. The van der Waals surface area contributed by atoms with Crippen molar-refractivity contribution in [2.75, 3.05) is 14.1 Å². The highest BCUT2D eigenvalue weighted by molar-refractivity contribution is 7.89. The molecule has 1 aromatic heterocycles. The molecule has 3 rings (SSSR count). The molecule has 152 valence electrons. The van der Waals surface area contributed by atoms with Crippen LogP contribution in [0.5, 0.6) is 0 Å². The summed E-state index contributed by atoms with van der Waals surface area (Å²) in [5, 5.41) is 14.4. The van der Waals surface area contributed by atoms with Crippen molar-refractivity contribution in [1.82, 2.24) is 29.8 Å². The number of sulfonamides is 1. The van der Waals surface area contributed by atoms with Crippen LogP contribution >= 0.6 is 0 Å². The minimum atomic E-state index is -3.54. The zero-order valence-electron chi connectivity index (χ0n) is 16.6. The zero-order chi connectivity index (χ0) is 21.2. The Kier molecular flexibility index (Phi) is 5.76. The normalized spacial score (nSPS) is 11.6. The van der Waals surface area contributed by atoms with Crippen LogP contribution in [0.3, 0.4) is 0 Å². The number of hydrogen-bond acceptors (Lipinski definition) is 6. The molecule has 0 saturated heterocycles. The maximum absolute atomic E-state index is 12.4. The van der Waals surface area contributed by atoms with Crippen molar-refractivity contribution in [3.8, 4) is 5.69 Å². The molecule has 9 nitrogen and oxygen atoms in total. The molecule has 3 aromatic rings. The number of amides is 1. The molecule has 10 heteroatoms. The molecular weight excluding hydrogens is 392 g/mol. The van der Waals surface area contributed by atoms with E-state index in [1.165, 1.54) is 38.4 Å². The van der Waals surface area contributed by atoms with Gasteiger partial charge in [-0.1, -0.05) is 6.07 Å². The fourth-order valence-corrected chi connectivity index (χ4v) is 3.53. The van der Waals surface area contributed by atoms with Gasteiger partial charge in [-0.3, -0.25) is 4.79 Å². The van der Waals surface area contributed by atoms with Crippen LogP contribution in [0.4, 0.5) is 0 Å². The van der Waals surface area contributed by atoms with Crippen molar-refractivity contribution >= 4 is 15.9 Å². The fraction of sp³-hybridized carbons (Fsp3) is 0.263. The van der Waals surface area contributed by atoms with Crippen LogP contribution in [0.15, 0.2) is 47.4 Å². The molecule has 0 radical (unpaired) electrons. The Labute approximate surface area is 169 Å². The van der Waals surface area contributed by atoms with Gasteiger partial charge in [0.1, 0.15) is 0 Å². The third-order valence-electron chi connectivity index (χ3n) is 4.57. The lowest BCUT2D eigenvalue weighted by molar-refractivity contribution is 0.0949. The highest BCUT2D eigenvalue weighted by Crippen LogP contribution is 2.15. The number of aromatic nitrogens is 4. The molecule has 2 aromatic carbocycles. The molecule has 0 atom stereocenters. The van der Waals surface area contributed by atoms with Crippen LogP contribution in [-0.4, -0.2) is 52.9 Å². The highest BCUT2D eigenvalue weighted by Gasteiger charge is 2.18. The van der Waals surface area contributed by atoms with E-state index in [2.05, 4.69) is 20.8 Å². The van der Waals surface area contributed by atoms with E-state index in [0.29, 0.717) is 11.4 Å². The van der Waals surface area contributed by atoms with Crippen LogP contribution in [-0.2, 0) is 16.6 Å². The zero-order valence-corrected chi connectivity index (χ0v) is 17.4. The number of carbonyl (C=O) groups excluding carboxylic acids is 1. The molecule has 0 aliphatic heterocycles. The fourth-order valence-electron chi connectivity index (χ4n) is 2.62. The number of rotatable bonds is 6. The monoisotopic (exact) mass is 414 g/mol. The number of nitrogens with zero attached hydrogens (tertiary/aromatic N) is 5. The maximum Gasteiger partial charge on any atom is 0.251 e. The van der Waals surface area contributed by atoms with Gasteiger partial charge in [0.05, 0.1) is 17.1 Å². The third-order valence-corrected chi connectivity index (χ3v) is 6.40. The molecule has 0 saturated carbocycles. The standard InChI is InChI=1S/C19H22N6O3S/c1-13-5-8-16(11-14(13)2)25-18(21-22-23-25)12-20-19(26)15-6-9-17(10-7-15)29(27,28)24(3)4/h5-11H,12H2,1-4H3,(H,20,26). The topological polar surface area (TPSA) is 110 Å². The molecule has 0 spiro atoms. The van der Waals surface area contributed by atoms with Crippen molar-refractivity contribution in [2.45, 2.75) is 25.3 Å². The smallest absolute Gasteiger partial charge is 0.251 e. The average Bonchev–Trinajstić information content (AvgIpc) is 3.16. The Morgan fingerprint density at radius 3 is 2.38 bits per heavy atom. The van der Waals surface area contributed by atoms with Crippen LogP contribution in [0.25, 0.3) is 5.69 Å². The number of nitrogens with one attached hydrogen (secondary N) is 1. The van der Waals surface area contributed by atoms with E-state index < -0.39 is 10.0 Å². The van der Waals surface area contributed by atoms with Crippen molar-refractivity contribution < 1.29 is 13.2 Å². The minimum absolute atomic E-state index is 0.122. The Bertz CT molecular complexity index is 1140. The predicted octanol–water partition coefficient (Wildman–Crippen LogP) is 1.46. The second-order valence-electron chi connectivity index (χ2n) is 6.77. The van der Waals surface area contributed by atoms with Gasteiger partial charge in [-0.25, -0.2) is 12.7 Å². The summed E-state index contributed by atoms with van der Waals surface area (Å²) in [4.78, 5) is 12.6. The number of benzene rings is 2. The van der Waals surface area contributed by atoms with Gasteiger partial charge < -0.3 is 5.32 Å². The summed E-state index contributed by atoms with van der Waals surface area (Å²) in [6.45, 7) is 4.15. The van der Waals surface area contributed by atoms with E-state index in [1.54, 1.807) is 4.68 Å². The van der Waals surface area contributed by atoms with Crippen LogP contribution in [0.1, 0.15) is 27.3 Å². The molecule has 1 N–H and O–H groups in total. The number of carbonyl (C=O) groups is 1. The molecule has 29 heavy (non-hydrogen) atoms. The second-order valence-corrected chi connectivity index (χ2v) is 8.92. The van der Waals surface area contributed by atoms with E-state index >= 15 is 0 Å². The SMILES string of the molecule is Cc1ccc(-n2nnnc2CNC(=O)c2ccc(S(=O)(=O)N(C)C)cc2)cc1C. The summed E-state index contributed by atoms with van der Waals surface area (Å²) in [5.41, 5.74) is 3.42. The second kappa shape index (κ2) is 8.10. The quantitative estimate of drug-likeness (QED) is 0.654. The van der Waals surface area contributed by atoms with Gasteiger partial charge in [0.2, 0.25) is 10.0 Å². The van der Waals surface area contributed by atoms with Gasteiger partial charge >= 0.3 is 0 Å². The molecule has 0 unspecified atom stereocenters. The minimum Gasteiger partial charge on any atom is -0.345 e.